The molecular weight excluding hydrogens is 328 g/mol. The highest BCUT2D eigenvalue weighted by Crippen LogP contribution is 2.48. The van der Waals surface area contributed by atoms with E-state index in [-0.39, 0.29) is 17.9 Å². The van der Waals surface area contributed by atoms with Gasteiger partial charge < -0.3 is 5.32 Å². The maximum absolute atomic E-state index is 12.4. The lowest BCUT2D eigenvalue weighted by Gasteiger charge is -2.12. The number of hydrogen-bond donors (Lipinski definition) is 1. The molecule has 1 N–H and O–H groups in total. The molecule has 0 bridgehead atoms. The van der Waals surface area contributed by atoms with Gasteiger partial charge in [0, 0.05) is 22.2 Å². The van der Waals surface area contributed by atoms with E-state index in [2.05, 4.69) is 24.1 Å². The van der Waals surface area contributed by atoms with Gasteiger partial charge in [0.2, 0.25) is 5.91 Å². The number of nitrogens with one attached hydrogen (secondary N) is 1. The molecule has 1 aromatic carbocycles. The number of thiazole rings is 1. The van der Waals surface area contributed by atoms with Crippen LogP contribution in [0.3, 0.4) is 0 Å². The van der Waals surface area contributed by atoms with Gasteiger partial charge in [-0.05, 0) is 37.0 Å². The van der Waals surface area contributed by atoms with Crippen molar-refractivity contribution in [2.24, 2.45) is 5.92 Å². The Hall–Kier alpha value is -1.39. The number of rotatable bonds is 5. The lowest BCUT2D eigenvalue weighted by Crippen LogP contribution is -2.28. The predicted octanol–water partition coefficient (Wildman–Crippen LogP) is 4.90. The number of nitrogens with zero attached hydrogens (tertiary/aromatic N) is 1. The Balaban J connectivity index is 1.59. The first kappa shape index (κ1) is 16.5. The third-order valence-corrected chi connectivity index (χ3v) is 5.64. The van der Waals surface area contributed by atoms with Gasteiger partial charge in [-0.1, -0.05) is 37.6 Å². The Kier molecular flexibility index (Phi) is 4.74. The third-order valence-electron chi connectivity index (χ3n) is 4.24. The van der Waals surface area contributed by atoms with Gasteiger partial charge in [0.1, 0.15) is 0 Å². The van der Waals surface area contributed by atoms with Crippen LogP contribution in [0.15, 0.2) is 29.6 Å². The summed E-state index contributed by atoms with van der Waals surface area (Å²) < 4.78 is 0. The van der Waals surface area contributed by atoms with Crippen molar-refractivity contribution in [3.05, 3.63) is 50.9 Å². The Morgan fingerprint density at radius 2 is 2.17 bits per heavy atom. The van der Waals surface area contributed by atoms with Crippen molar-refractivity contribution < 1.29 is 4.79 Å². The normalized spacial score (nSPS) is 21.3. The van der Waals surface area contributed by atoms with E-state index in [0.717, 1.165) is 27.7 Å². The Morgan fingerprint density at radius 3 is 2.83 bits per heavy atom. The van der Waals surface area contributed by atoms with Crippen LogP contribution in [0, 0.1) is 5.92 Å². The molecule has 3 atom stereocenters. The average Bonchev–Trinajstić information content (AvgIpc) is 3.15. The summed E-state index contributed by atoms with van der Waals surface area (Å²) >= 11 is 7.69. The average molecular weight is 349 g/mol. The molecule has 23 heavy (non-hydrogen) atoms. The molecule has 1 aliphatic carbocycles. The summed E-state index contributed by atoms with van der Waals surface area (Å²) in [6.45, 7) is 6.26. The first-order chi connectivity index (χ1) is 11.0. The summed E-state index contributed by atoms with van der Waals surface area (Å²) in [6.07, 6.45) is 0.896. The van der Waals surface area contributed by atoms with Crippen LogP contribution in [-0.4, -0.2) is 10.9 Å². The van der Waals surface area contributed by atoms with Gasteiger partial charge in [-0.3, -0.25) is 4.79 Å². The van der Waals surface area contributed by atoms with E-state index in [1.54, 1.807) is 11.3 Å². The molecule has 1 aromatic heterocycles. The van der Waals surface area contributed by atoms with Crippen LogP contribution in [0.4, 0.5) is 0 Å². The molecule has 1 aliphatic rings. The first-order valence-electron chi connectivity index (χ1n) is 7.97. The monoisotopic (exact) mass is 348 g/mol. The molecule has 0 spiro atoms. The van der Waals surface area contributed by atoms with Crippen molar-refractivity contribution in [3.8, 4) is 0 Å². The lowest BCUT2D eigenvalue weighted by atomic mass is 10.1. The van der Waals surface area contributed by atoms with E-state index in [4.69, 9.17) is 11.6 Å². The number of halogens is 1. The molecule has 0 aliphatic heterocycles. The molecule has 1 heterocycles. The fourth-order valence-electron chi connectivity index (χ4n) is 2.75. The number of carbonyl (C=O) groups is 1. The first-order valence-corrected chi connectivity index (χ1v) is 9.22. The van der Waals surface area contributed by atoms with Gasteiger partial charge in [0.05, 0.1) is 16.7 Å². The Morgan fingerprint density at radius 1 is 1.39 bits per heavy atom. The molecule has 3 rings (SSSR count). The van der Waals surface area contributed by atoms with Gasteiger partial charge in [-0.25, -0.2) is 4.98 Å². The zero-order valence-electron chi connectivity index (χ0n) is 13.5. The highest BCUT2D eigenvalue weighted by atomic mass is 35.5. The largest absolute Gasteiger partial charge is 0.348 e. The van der Waals surface area contributed by atoms with Crippen LogP contribution in [0.5, 0.6) is 0 Å². The number of benzene rings is 1. The second-order valence-corrected chi connectivity index (χ2v) is 7.83. The molecule has 1 saturated carbocycles. The molecule has 5 heteroatoms. The summed E-state index contributed by atoms with van der Waals surface area (Å²) in [4.78, 5) is 17.0. The second-order valence-electron chi connectivity index (χ2n) is 6.50. The van der Waals surface area contributed by atoms with Crippen molar-refractivity contribution in [3.63, 3.8) is 0 Å². The minimum Gasteiger partial charge on any atom is -0.348 e. The molecule has 0 unspecified atom stereocenters. The summed E-state index contributed by atoms with van der Waals surface area (Å²) in [5, 5.41) is 6.98. The fourth-order valence-corrected chi connectivity index (χ4v) is 3.88. The van der Waals surface area contributed by atoms with Crippen LogP contribution in [0.25, 0.3) is 0 Å². The molecule has 0 radical (unpaired) electrons. The number of amides is 1. The van der Waals surface area contributed by atoms with Crippen LogP contribution in [0.1, 0.15) is 61.3 Å². The zero-order chi connectivity index (χ0) is 16.6. The zero-order valence-corrected chi connectivity index (χ0v) is 15.1. The third kappa shape index (κ3) is 3.75. The van der Waals surface area contributed by atoms with Crippen molar-refractivity contribution in [2.45, 2.75) is 45.1 Å². The van der Waals surface area contributed by atoms with Gasteiger partial charge in [0.25, 0.3) is 0 Å². The summed E-state index contributed by atoms with van der Waals surface area (Å²) in [5.74, 6) is 0.885. The fraction of sp³-hybridized carbons (Fsp3) is 0.444. The van der Waals surface area contributed by atoms with Crippen LogP contribution in [0.2, 0.25) is 5.02 Å². The molecule has 2 aromatic rings. The van der Waals surface area contributed by atoms with Crippen molar-refractivity contribution >= 4 is 28.8 Å². The lowest BCUT2D eigenvalue weighted by molar-refractivity contribution is -0.123. The molecular formula is C18H21ClN2OS. The number of hydrogen-bond acceptors (Lipinski definition) is 3. The quantitative estimate of drug-likeness (QED) is 0.834. The van der Waals surface area contributed by atoms with Crippen molar-refractivity contribution in [1.82, 2.24) is 10.3 Å². The Bertz CT molecular complexity index is 713. The standard InChI is InChI=1S/C18H21ClN2OS/c1-10(2)18-21-16(9-23-18)11(3)20-17(22)15-8-14(15)12-5-4-6-13(19)7-12/h4-7,9-11,14-15H,8H2,1-3H3,(H,20,22)/t11-,14-,15-/m0/s1. The van der Waals surface area contributed by atoms with Crippen molar-refractivity contribution in [1.29, 1.82) is 0 Å². The topological polar surface area (TPSA) is 42.0 Å². The highest BCUT2D eigenvalue weighted by molar-refractivity contribution is 7.09. The summed E-state index contributed by atoms with van der Waals surface area (Å²) in [7, 11) is 0. The van der Waals surface area contributed by atoms with E-state index in [0.29, 0.717) is 11.8 Å². The maximum atomic E-state index is 12.4. The smallest absolute Gasteiger partial charge is 0.224 e. The molecule has 3 nitrogen and oxygen atoms in total. The van der Waals surface area contributed by atoms with Crippen LogP contribution in [-0.2, 0) is 4.79 Å². The minimum atomic E-state index is -0.0492. The SMILES string of the molecule is CC(C)c1nc([C@H](C)NC(=O)[C@H]2C[C@H]2c2cccc(Cl)c2)cs1. The summed E-state index contributed by atoms with van der Waals surface area (Å²) in [6, 6.07) is 7.75. The maximum Gasteiger partial charge on any atom is 0.224 e. The minimum absolute atomic E-state index is 0.0492. The van der Waals surface area contributed by atoms with Gasteiger partial charge in [-0.15, -0.1) is 11.3 Å². The molecule has 1 fully saturated rings. The molecule has 1 amide bonds. The van der Waals surface area contributed by atoms with E-state index in [1.165, 1.54) is 0 Å². The highest BCUT2D eigenvalue weighted by Gasteiger charge is 2.44. The van der Waals surface area contributed by atoms with Crippen LogP contribution >= 0.6 is 22.9 Å². The van der Waals surface area contributed by atoms with Gasteiger partial charge in [0.15, 0.2) is 0 Å². The second kappa shape index (κ2) is 6.62. The number of aromatic nitrogens is 1. The van der Waals surface area contributed by atoms with E-state index in [9.17, 15) is 4.79 Å². The Labute approximate surface area is 146 Å². The van der Waals surface area contributed by atoms with E-state index < -0.39 is 0 Å². The molecule has 0 saturated heterocycles. The van der Waals surface area contributed by atoms with Crippen LogP contribution < -0.4 is 5.32 Å². The molecule has 122 valence electrons. The number of carbonyl (C=O) groups excluding carboxylic acids is 1. The van der Waals surface area contributed by atoms with E-state index in [1.807, 2.05) is 36.6 Å². The summed E-state index contributed by atoms with van der Waals surface area (Å²) in [5.41, 5.74) is 2.10. The van der Waals surface area contributed by atoms with Gasteiger partial charge >= 0.3 is 0 Å². The van der Waals surface area contributed by atoms with Gasteiger partial charge in [-0.2, -0.15) is 0 Å². The predicted molar refractivity (Wildman–Crippen MR) is 95.1 cm³/mol. The van der Waals surface area contributed by atoms with E-state index >= 15 is 0 Å². The van der Waals surface area contributed by atoms with Crippen molar-refractivity contribution in [2.75, 3.05) is 0 Å².